The molecule has 20 heavy (non-hydrogen) atoms. The molecule has 108 valence electrons. The number of hydrogen-bond donors (Lipinski definition) is 2. The molecule has 0 aliphatic carbocycles. The lowest BCUT2D eigenvalue weighted by atomic mass is 10.2. The second kappa shape index (κ2) is 6.76. The van der Waals surface area contributed by atoms with E-state index in [1.807, 2.05) is 6.92 Å². The highest BCUT2D eigenvalue weighted by atomic mass is 16.5. The number of carbonyl (C=O) groups excluding carboxylic acids is 1. The van der Waals surface area contributed by atoms with Gasteiger partial charge in [0.1, 0.15) is 11.8 Å². The van der Waals surface area contributed by atoms with Crippen LogP contribution in [-0.2, 0) is 11.3 Å². The average Bonchev–Trinajstić information content (AvgIpc) is 3.09. The number of aryl methyl sites for hydroxylation is 1. The molecule has 7 nitrogen and oxygen atoms in total. The van der Waals surface area contributed by atoms with Crippen molar-refractivity contribution in [3.05, 3.63) is 36.5 Å². The smallest absolute Gasteiger partial charge is 0.320 e. The van der Waals surface area contributed by atoms with Gasteiger partial charge in [0.25, 0.3) is 0 Å². The Labute approximate surface area is 116 Å². The summed E-state index contributed by atoms with van der Waals surface area (Å²) in [6.45, 7) is 3.06. The molecule has 0 aromatic carbocycles. The summed E-state index contributed by atoms with van der Waals surface area (Å²) in [5.41, 5.74) is 0.639. The molecule has 2 heterocycles. The Balaban J connectivity index is 1.94. The minimum Gasteiger partial charge on any atom is -0.467 e. The molecule has 0 radical (unpaired) electrons. The Morgan fingerprint density at radius 2 is 2.45 bits per heavy atom. The highest BCUT2D eigenvalue weighted by Gasteiger charge is 2.17. The van der Waals surface area contributed by atoms with Gasteiger partial charge in [-0.05, 0) is 19.1 Å². The van der Waals surface area contributed by atoms with E-state index in [0.29, 0.717) is 18.1 Å². The van der Waals surface area contributed by atoms with Gasteiger partial charge in [0.15, 0.2) is 0 Å². The van der Waals surface area contributed by atoms with Crippen molar-refractivity contribution in [2.45, 2.75) is 19.5 Å². The fourth-order valence-corrected chi connectivity index (χ4v) is 1.78. The Kier molecular flexibility index (Phi) is 4.78. The Hall–Kier alpha value is -2.28. The van der Waals surface area contributed by atoms with Crippen molar-refractivity contribution in [2.24, 2.45) is 0 Å². The van der Waals surface area contributed by atoms with E-state index in [4.69, 9.17) is 9.15 Å². The van der Waals surface area contributed by atoms with Crippen LogP contribution < -0.4 is 10.6 Å². The van der Waals surface area contributed by atoms with E-state index in [1.165, 1.54) is 0 Å². The van der Waals surface area contributed by atoms with Gasteiger partial charge in [-0.25, -0.2) is 4.79 Å². The molecule has 0 aliphatic heterocycles. The summed E-state index contributed by atoms with van der Waals surface area (Å²) in [5, 5.41) is 9.59. The molecular weight excluding hydrogens is 260 g/mol. The standard InChI is InChI=1S/C13H18N4O3/c1-3-17-8-10(7-14-17)15-13(18)16-11(9-19-2)12-5-4-6-20-12/h4-8,11H,3,9H2,1-2H3,(H2,15,16,18)/t11-/m0/s1. The zero-order chi connectivity index (χ0) is 14.4. The van der Waals surface area contributed by atoms with E-state index in [0.717, 1.165) is 6.54 Å². The monoisotopic (exact) mass is 278 g/mol. The SMILES string of the molecule is CCn1cc(NC(=O)N[C@@H](COC)c2ccco2)cn1. The summed E-state index contributed by atoms with van der Waals surface area (Å²) in [7, 11) is 1.57. The Morgan fingerprint density at radius 3 is 3.05 bits per heavy atom. The number of ether oxygens (including phenoxy) is 1. The van der Waals surface area contributed by atoms with Crippen LogP contribution in [0.5, 0.6) is 0 Å². The summed E-state index contributed by atoms with van der Waals surface area (Å²) in [6.07, 6.45) is 4.92. The maximum Gasteiger partial charge on any atom is 0.320 e. The molecule has 7 heteroatoms. The van der Waals surface area contributed by atoms with Gasteiger partial charge >= 0.3 is 6.03 Å². The molecule has 0 saturated carbocycles. The quantitative estimate of drug-likeness (QED) is 0.846. The van der Waals surface area contributed by atoms with Gasteiger partial charge in [-0.1, -0.05) is 0 Å². The van der Waals surface area contributed by atoms with E-state index in [-0.39, 0.29) is 12.1 Å². The first kappa shape index (κ1) is 14.1. The second-order valence-electron chi connectivity index (χ2n) is 4.21. The molecular formula is C13H18N4O3. The zero-order valence-electron chi connectivity index (χ0n) is 11.5. The fourth-order valence-electron chi connectivity index (χ4n) is 1.78. The third-order valence-electron chi connectivity index (χ3n) is 2.74. The third kappa shape index (κ3) is 3.61. The molecule has 0 saturated heterocycles. The maximum absolute atomic E-state index is 11.9. The highest BCUT2D eigenvalue weighted by molar-refractivity contribution is 5.89. The van der Waals surface area contributed by atoms with Crippen LogP contribution in [0, 0.1) is 0 Å². The molecule has 0 spiro atoms. The van der Waals surface area contributed by atoms with Crippen LogP contribution in [0.15, 0.2) is 35.2 Å². The summed E-state index contributed by atoms with van der Waals surface area (Å²) in [6, 6.07) is 2.89. The van der Waals surface area contributed by atoms with E-state index < -0.39 is 0 Å². The van der Waals surface area contributed by atoms with Crippen molar-refractivity contribution in [1.82, 2.24) is 15.1 Å². The molecule has 0 unspecified atom stereocenters. The maximum atomic E-state index is 11.9. The summed E-state index contributed by atoms with van der Waals surface area (Å²) in [5.74, 6) is 0.645. The molecule has 2 aromatic rings. The van der Waals surface area contributed by atoms with Crippen molar-refractivity contribution in [2.75, 3.05) is 19.0 Å². The molecule has 2 amide bonds. The first-order valence-corrected chi connectivity index (χ1v) is 6.35. The minimum absolute atomic E-state index is 0.329. The lowest BCUT2D eigenvalue weighted by Crippen LogP contribution is -2.34. The van der Waals surface area contributed by atoms with Crippen molar-refractivity contribution in [3.8, 4) is 0 Å². The molecule has 1 atom stereocenters. The van der Waals surface area contributed by atoms with E-state index >= 15 is 0 Å². The van der Waals surface area contributed by atoms with Gasteiger partial charge in [-0.3, -0.25) is 4.68 Å². The van der Waals surface area contributed by atoms with Gasteiger partial charge in [0, 0.05) is 19.9 Å². The van der Waals surface area contributed by atoms with Crippen LogP contribution >= 0.6 is 0 Å². The lowest BCUT2D eigenvalue weighted by Gasteiger charge is -2.15. The summed E-state index contributed by atoms with van der Waals surface area (Å²) in [4.78, 5) is 11.9. The van der Waals surface area contributed by atoms with Gasteiger partial charge in [0.2, 0.25) is 0 Å². The van der Waals surface area contributed by atoms with Crippen LogP contribution in [0.4, 0.5) is 10.5 Å². The fraction of sp³-hybridized carbons (Fsp3) is 0.385. The number of rotatable bonds is 6. The van der Waals surface area contributed by atoms with Crippen LogP contribution in [0.1, 0.15) is 18.7 Å². The van der Waals surface area contributed by atoms with Crippen molar-refractivity contribution < 1.29 is 13.9 Å². The van der Waals surface area contributed by atoms with Gasteiger partial charge in [-0.2, -0.15) is 5.10 Å². The van der Waals surface area contributed by atoms with Crippen molar-refractivity contribution >= 4 is 11.7 Å². The minimum atomic E-state index is -0.337. The predicted octanol–water partition coefficient (Wildman–Crippen LogP) is 2.01. The number of furan rings is 1. The largest absolute Gasteiger partial charge is 0.467 e. The number of nitrogens with zero attached hydrogens (tertiary/aromatic N) is 2. The number of nitrogens with one attached hydrogen (secondary N) is 2. The second-order valence-corrected chi connectivity index (χ2v) is 4.21. The number of urea groups is 1. The predicted molar refractivity (Wildman–Crippen MR) is 73.4 cm³/mol. The Morgan fingerprint density at radius 1 is 1.60 bits per heavy atom. The Bertz CT molecular complexity index is 536. The summed E-state index contributed by atoms with van der Waals surface area (Å²) < 4.78 is 12.1. The van der Waals surface area contributed by atoms with Crippen LogP contribution in [0.25, 0.3) is 0 Å². The first-order chi connectivity index (χ1) is 9.72. The van der Waals surface area contributed by atoms with Crippen molar-refractivity contribution in [3.63, 3.8) is 0 Å². The number of anilines is 1. The average molecular weight is 278 g/mol. The van der Waals surface area contributed by atoms with E-state index in [9.17, 15) is 4.79 Å². The molecule has 0 aliphatic rings. The molecule has 2 rings (SSSR count). The molecule has 0 bridgehead atoms. The molecule has 2 aromatic heterocycles. The van der Waals surface area contributed by atoms with E-state index in [2.05, 4.69) is 15.7 Å². The van der Waals surface area contributed by atoms with Crippen molar-refractivity contribution in [1.29, 1.82) is 0 Å². The number of aromatic nitrogens is 2. The topological polar surface area (TPSA) is 81.3 Å². The molecule has 0 fully saturated rings. The summed E-state index contributed by atoms with van der Waals surface area (Å²) >= 11 is 0. The highest BCUT2D eigenvalue weighted by Crippen LogP contribution is 2.14. The zero-order valence-corrected chi connectivity index (χ0v) is 11.5. The third-order valence-corrected chi connectivity index (χ3v) is 2.74. The number of amides is 2. The van der Waals surface area contributed by atoms with Crippen LogP contribution in [-0.4, -0.2) is 29.5 Å². The van der Waals surface area contributed by atoms with Crippen LogP contribution in [0.2, 0.25) is 0 Å². The van der Waals surface area contributed by atoms with Gasteiger partial charge in [-0.15, -0.1) is 0 Å². The van der Waals surface area contributed by atoms with Gasteiger partial charge < -0.3 is 19.8 Å². The normalized spacial score (nSPS) is 12.1. The van der Waals surface area contributed by atoms with Crippen LogP contribution in [0.3, 0.4) is 0 Å². The number of methoxy groups -OCH3 is 1. The molecule has 2 N–H and O–H groups in total. The van der Waals surface area contributed by atoms with Gasteiger partial charge in [0.05, 0.1) is 24.8 Å². The number of hydrogen-bond acceptors (Lipinski definition) is 4. The number of carbonyl (C=O) groups is 1. The van der Waals surface area contributed by atoms with E-state index in [1.54, 1.807) is 42.6 Å². The first-order valence-electron chi connectivity index (χ1n) is 6.35. The lowest BCUT2D eigenvalue weighted by molar-refractivity contribution is 0.159.